The van der Waals surface area contributed by atoms with Gasteiger partial charge in [-0.05, 0) is 42.5 Å². The van der Waals surface area contributed by atoms with Gasteiger partial charge in [-0.1, -0.05) is 0 Å². The molecule has 0 aliphatic heterocycles. The first-order valence-corrected chi connectivity index (χ1v) is 6.82. The lowest BCUT2D eigenvalue weighted by Gasteiger charge is -2.14. The SMILES string of the molecule is O=C(O)c1ccc(C(=O)Nc2cc(C(F)(F)F)cc(C(F)(F)F)c2)cc1. The largest absolute Gasteiger partial charge is 0.478 e. The minimum absolute atomic E-state index is 0.0582. The van der Waals surface area contributed by atoms with Gasteiger partial charge in [0.2, 0.25) is 0 Å². The van der Waals surface area contributed by atoms with E-state index in [-0.39, 0.29) is 17.2 Å². The van der Waals surface area contributed by atoms with Crippen LogP contribution in [0.1, 0.15) is 31.8 Å². The summed E-state index contributed by atoms with van der Waals surface area (Å²) in [6, 6.07) is 5.00. The summed E-state index contributed by atoms with van der Waals surface area (Å²) < 4.78 is 76.7. The molecule has 0 aliphatic rings. The number of amides is 1. The molecule has 2 N–H and O–H groups in total. The van der Waals surface area contributed by atoms with Gasteiger partial charge in [0, 0.05) is 11.3 Å². The maximum absolute atomic E-state index is 12.8. The van der Waals surface area contributed by atoms with Crippen molar-refractivity contribution in [3.63, 3.8) is 0 Å². The molecule has 2 rings (SSSR count). The maximum Gasteiger partial charge on any atom is 0.416 e. The molecule has 0 fully saturated rings. The van der Waals surface area contributed by atoms with Crippen LogP contribution in [0.15, 0.2) is 42.5 Å². The summed E-state index contributed by atoms with van der Waals surface area (Å²) >= 11 is 0. The predicted octanol–water partition coefficient (Wildman–Crippen LogP) is 4.67. The standard InChI is InChI=1S/C16H9F6NO3/c17-15(18,19)10-5-11(16(20,21)22)7-12(6-10)23-13(24)8-1-3-9(4-2-8)14(25)26/h1-7H,(H,23,24)(H,25,26). The molecule has 0 atom stereocenters. The molecule has 0 saturated carbocycles. The van der Waals surface area contributed by atoms with Gasteiger partial charge in [-0.2, -0.15) is 26.3 Å². The maximum atomic E-state index is 12.8. The van der Waals surface area contributed by atoms with Crippen LogP contribution in [0.25, 0.3) is 0 Å². The van der Waals surface area contributed by atoms with Crippen molar-refractivity contribution in [1.29, 1.82) is 0 Å². The van der Waals surface area contributed by atoms with Crippen molar-refractivity contribution in [3.05, 3.63) is 64.7 Å². The monoisotopic (exact) mass is 377 g/mol. The van der Waals surface area contributed by atoms with Crippen LogP contribution in [0.3, 0.4) is 0 Å². The smallest absolute Gasteiger partial charge is 0.416 e. The highest BCUT2D eigenvalue weighted by Gasteiger charge is 2.37. The van der Waals surface area contributed by atoms with Crippen molar-refractivity contribution in [1.82, 2.24) is 0 Å². The molecule has 0 aliphatic carbocycles. The van der Waals surface area contributed by atoms with E-state index in [4.69, 9.17) is 5.11 Å². The van der Waals surface area contributed by atoms with Crippen LogP contribution < -0.4 is 5.32 Å². The lowest BCUT2D eigenvalue weighted by atomic mass is 10.1. The zero-order valence-corrected chi connectivity index (χ0v) is 12.6. The minimum Gasteiger partial charge on any atom is -0.478 e. The predicted molar refractivity (Wildman–Crippen MR) is 77.8 cm³/mol. The van der Waals surface area contributed by atoms with Crippen molar-refractivity contribution in [2.75, 3.05) is 5.32 Å². The van der Waals surface area contributed by atoms with Crippen LogP contribution >= 0.6 is 0 Å². The summed E-state index contributed by atoms with van der Waals surface area (Å²) in [5, 5.41) is 10.7. The van der Waals surface area contributed by atoms with E-state index in [9.17, 15) is 35.9 Å². The van der Waals surface area contributed by atoms with Crippen LogP contribution in [0.5, 0.6) is 0 Å². The number of aromatic carboxylic acids is 1. The second-order valence-electron chi connectivity index (χ2n) is 5.13. The Hall–Kier alpha value is -3.04. The van der Waals surface area contributed by atoms with Crippen LogP contribution in [-0.4, -0.2) is 17.0 Å². The Balaban J connectivity index is 2.35. The van der Waals surface area contributed by atoms with Gasteiger partial charge in [0.1, 0.15) is 0 Å². The van der Waals surface area contributed by atoms with Gasteiger partial charge in [0.05, 0.1) is 16.7 Å². The number of carboxylic acid groups (broad SMARTS) is 1. The third-order valence-electron chi connectivity index (χ3n) is 3.24. The van der Waals surface area contributed by atoms with E-state index in [1.807, 2.05) is 5.32 Å². The molecule has 0 radical (unpaired) electrons. The van der Waals surface area contributed by atoms with E-state index in [1.165, 1.54) is 0 Å². The molecule has 138 valence electrons. The number of halogens is 6. The number of anilines is 1. The minimum atomic E-state index is -5.04. The van der Waals surface area contributed by atoms with Crippen molar-refractivity contribution in [2.45, 2.75) is 12.4 Å². The number of nitrogens with one attached hydrogen (secondary N) is 1. The van der Waals surface area contributed by atoms with Crippen molar-refractivity contribution < 1.29 is 41.0 Å². The number of hydrogen-bond acceptors (Lipinski definition) is 2. The van der Waals surface area contributed by atoms with Crippen molar-refractivity contribution >= 4 is 17.6 Å². The van der Waals surface area contributed by atoms with E-state index in [0.29, 0.717) is 12.1 Å². The van der Waals surface area contributed by atoms with Crippen molar-refractivity contribution in [2.24, 2.45) is 0 Å². The van der Waals surface area contributed by atoms with Crippen molar-refractivity contribution in [3.8, 4) is 0 Å². The van der Waals surface area contributed by atoms with Crippen LogP contribution in [0, 0.1) is 0 Å². The van der Waals surface area contributed by atoms with E-state index < -0.39 is 41.0 Å². The van der Waals surface area contributed by atoms with Crippen LogP contribution in [0.4, 0.5) is 32.0 Å². The van der Waals surface area contributed by atoms with E-state index in [0.717, 1.165) is 24.3 Å². The normalized spacial score (nSPS) is 11.9. The zero-order valence-electron chi connectivity index (χ0n) is 12.6. The second-order valence-corrected chi connectivity index (χ2v) is 5.13. The third kappa shape index (κ3) is 4.52. The fourth-order valence-corrected chi connectivity index (χ4v) is 1.99. The highest BCUT2D eigenvalue weighted by Crippen LogP contribution is 2.37. The molecule has 0 heterocycles. The second kappa shape index (κ2) is 6.70. The van der Waals surface area contributed by atoms with E-state index in [1.54, 1.807) is 0 Å². The highest BCUT2D eigenvalue weighted by atomic mass is 19.4. The molecular weight excluding hydrogens is 368 g/mol. The van der Waals surface area contributed by atoms with E-state index >= 15 is 0 Å². The Morgan fingerprint density at radius 2 is 1.19 bits per heavy atom. The van der Waals surface area contributed by atoms with Gasteiger partial charge >= 0.3 is 18.3 Å². The lowest BCUT2D eigenvalue weighted by Crippen LogP contribution is -2.16. The quantitative estimate of drug-likeness (QED) is 0.764. The first-order chi connectivity index (χ1) is 11.9. The molecule has 4 nitrogen and oxygen atoms in total. The number of alkyl halides is 6. The molecule has 1 amide bonds. The number of benzene rings is 2. The van der Waals surface area contributed by atoms with Gasteiger partial charge in [0.25, 0.3) is 5.91 Å². The summed E-state index contributed by atoms with van der Waals surface area (Å²) in [6.07, 6.45) is -10.1. The summed E-state index contributed by atoms with van der Waals surface area (Å²) in [7, 11) is 0. The summed E-state index contributed by atoms with van der Waals surface area (Å²) in [4.78, 5) is 22.7. The molecule has 0 saturated heterocycles. The van der Waals surface area contributed by atoms with Gasteiger partial charge in [-0.15, -0.1) is 0 Å². The Morgan fingerprint density at radius 3 is 1.58 bits per heavy atom. The lowest BCUT2D eigenvalue weighted by molar-refractivity contribution is -0.143. The number of carboxylic acids is 1. The number of carbonyl (C=O) groups excluding carboxylic acids is 1. The Labute approximate surface area is 142 Å². The Bertz CT molecular complexity index is 808. The average Bonchev–Trinajstić information content (AvgIpc) is 2.53. The summed E-state index contributed by atoms with van der Waals surface area (Å²) in [5.74, 6) is -2.25. The van der Waals surface area contributed by atoms with Gasteiger partial charge in [0.15, 0.2) is 0 Å². The molecule has 2 aromatic carbocycles. The van der Waals surface area contributed by atoms with Crippen LogP contribution in [-0.2, 0) is 12.4 Å². The fourth-order valence-electron chi connectivity index (χ4n) is 1.99. The molecule has 10 heteroatoms. The molecule has 2 aromatic rings. The number of rotatable bonds is 3. The molecule has 26 heavy (non-hydrogen) atoms. The van der Waals surface area contributed by atoms with Gasteiger partial charge < -0.3 is 10.4 Å². The summed E-state index contributed by atoms with van der Waals surface area (Å²) in [6.45, 7) is 0. The van der Waals surface area contributed by atoms with Crippen LogP contribution in [0.2, 0.25) is 0 Å². The first kappa shape index (κ1) is 19.3. The zero-order chi connectivity index (χ0) is 19.7. The first-order valence-electron chi connectivity index (χ1n) is 6.82. The van der Waals surface area contributed by atoms with E-state index in [2.05, 4.69) is 0 Å². The molecule has 0 bridgehead atoms. The molecule has 0 unspecified atom stereocenters. The van der Waals surface area contributed by atoms with Gasteiger partial charge in [-0.3, -0.25) is 4.79 Å². The summed E-state index contributed by atoms with van der Waals surface area (Å²) in [5.41, 5.74) is -4.10. The molecule has 0 aromatic heterocycles. The topological polar surface area (TPSA) is 66.4 Å². The Kier molecular flexibility index (Phi) is 4.97. The molecule has 0 spiro atoms. The number of carbonyl (C=O) groups is 2. The van der Waals surface area contributed by atoms with Gasteiger partial charge in [-0.25, -0.2) is 4.79 Å². The average molecular weight is 377 g/mol. The number of hydrogen-bond donors (Lipinski definition) is 2. The Morgan fingerprint density at radius 1 is 0.769 bits per heavy atom. The highest BCUT2D eigenvalue weighted by molar-refractivity contribution is 6.04. The fraction of sp³-hybridized carbons (Fsp3) is 0.125. The third-order valence-corrected chi connectivity index (χ3v) is 3.24. The molecular formula is C16H9F6NO3.